The molecule has 0 amide bonds. The van der Waals surface area contributed by atoms with Crippen LogP contribution in [0, 0.1) is 17.1 Å². The fourth-order valence-corrected chi connectivity index (χ4v) is 7.67. The summed E-state index contributed by atoms with van der Waals surface area (Å²) in [7, 11) is -4.52. The SMILES string of the molecule is CC.CCCCCCCCCCCCCCCCCOCC(COP(=O)(O)OC[C@]1(C)CCC(c2ccc3c(N)ncnn23)O1)OCc1cc(F)cc(C#N)c1. The van der Waals surface area contributed by atoms with Crippen LogP contribution in [0.1, 0.15) is 160 Å². The number of fused-ring (bicyclic) bond motifs is 1. The minimum atomic E-state index is -4.52. The van der Waals surface area contributed by atoms with Gasteiger partial charge in [-0.3, -0.25) is 9.05 Å². The van der Waals surface area contributed by atoms with Crippen molar-refractivity contribution in [2.24, 2.45) is 0 Å². The molecule has 3 N–H and O–H groups in total. The Kier molecular flexibility index (Phi) is 22.1. The van der Waals surface area contributed by atoms with Crippen molar-refractivity contribution in [2.45, 2.75) is 161 Å². The van der Waals surface area contributed by atoms with E-state index < -0.39 is 25.3 Å². The van der Waals surface area contributed by atoms with E-state index in [-0.39, 0.29) is 38.1 Å². The highest BCUT2D eigenvalue weighted by Gasteiger charge is 2.40. The number of benzene rings is 1. The number of aromatic nitrogens is 3. The third-order valence-corrected chi connectivity index (χ3v) is 10.9. The number of rotatable bonds is 28. The molecule has 1 aromatic carbocycles. The van der Waals surface area contributed by atoms with Crippen molar-refractivity contribution < 1.29 is 37.1 Å². The van der Waals surface area contributed by atoms with Gasteiger partial charge in [-0.15, -0.1) is 0 Å². The molecule has 2 aromatic heterocycles. The van der Waals surface area contributed by atoms with Crippen molar-refractivity contribution in [1.82, 2.24) is 14.6 Å². The van der Waals surface area contributed by atoms with Gasteiger partial charge in [-0.25, -0.2) is 18.5 Å². The summed E-state index contributed by atoms with van der Waals surface area (Å²) >= 11 is 0. The second-order valence-corrected chi connectivity index (χ2v) is 16.2. The van der Waals surface area contributed by atoms with Crippen LogP contribution in [0.3, 0.4) is 0 Å². The lowest BCUT2D eigenvalue weighted by Gasteiger charge is -2.26. The molecule has 0 spiro atoms. The third-order valence-electron chi connectivity index (χ3n) is 9.93. The van der Waals surface area contributed by atoms with Crippen LogP contribution in [0.5, 0.6) is 0 Å². The van der Waals surface area contributed by atoms with Crippen LogP contribution < -0.4 is 5.73 Å². The molecule has 3 heterocycles. The highest BCUT2D eigenvalue weighted by molar-refractivity contribution is 7.47. The zero-order valence-corrected chi connectivity index (χ0v) is 35.2. The summed E-state index contributed by atoms with van der Waals surface area (Å²) in [5.41, 5.74) is 7.22. The largest absolute Gasteiger partial charge is 0.472 e. The molecule has 1 fully saturated rings. The Labute approximate surface area is 334 Å². The standard InChI is InChI=1S/C40H61FN5O7P.C2H6/c1-3-4-5-6-7-8-9-10-11-12-13-14-15-16-17-22-49-28-35(50-27-33-23-32(26-42)24-34(41)25-33)29-51-54(47,48)52-30-40(2)21-20-38(53-40)36-18-19-37-39(43)44-31-45-46(36)37;1-2/h18-19,23-25,31,35,38H,3-17,20-22,27-30H2,1-2H3,(H,47,48)(H2,43,44,45);1-2H3/t35?,38?,40-;/m0./s1. The van der Waals surface area contributed by atoms with Gasteiger partial charge in [0.1, 0.15) is 29.9 Å². The molecule has 0 saturated carbocycles. The molecule has 4 atom stereocenters. The normalized spacial score (nSPS) is 18.3. The lowest BCUT2D eigenvalue weighted by molar-refractivity contribution is -0.0710. The van der Waals surface area contributed by atoms with Gasteiger partial charge in [-0.1, -0.05) is 111 Å². The predicted octanol–water partition coefficient (Wildman–Crippen LogP) is 10.6. The summed E-state index contributed by atoms with van der Waals surface area (Å²) in [4.78, 5) is 14.6. The van der Waals surface area contributed by atoms with E-state index in [2.05, 4.69) is 17.0 Å². The second kappa shape index (κ2) is 26.1. The van der Waals surface area contributed by atoms with E-state index in [4.69, 9.17) is 29.0 Å². The minimum Gasteiger partial charge on any atom is -0.382 e. The average molecular weight is 804 g/mol. The molecule has 14 heteroatoms. The number of phosphoric ester groups is 1. The van der Waals surface area contributed by atoms with E-state index in [1.165, 1.54) is 95.5 Å². The van der Waals surface area contributed by atoms with E-state index >= 15 is 0 Å². The zero-order chi connectivity index (χ0) is 40.7. The highest BCUT2D eigenvalue weighted by Crippen LogP contribution is 2.47. The van der Waals surface area contributed by atoms with Crippen LogP contribution in [0.2, 0.25) is 0 Å². The number of nitrogens with two attached hydrogens (primary N) is 1. The Bertz CT molecular complexity index is 1640. The molecule has 1 aliphatic rings. The maximum absolute atomic E-state index is 14.0. The second-order valence-electron chi connectivity index (χ2n) is 14.8. The van der Waals surface area contributed by atoms with Gasteiger partial charge >= 0.3 is 7.82 Å². The van der Waals surface area contributed by atoms with Crippen LogP contribution in [0.4, 0.5) is 10.2 Å². The molecule has 0 aliphatic carbocycles. The van der Waals surface area contributed by atoms with Crippen LogP contribution in [-0.2, 0) is 34.4 Å². The molecule has 314 valence electrons. The van der Waals surface area contributed by atoms with Gasteiger partial charge in [0.15, 0.2) is 5.82 Å². The molecular formula is C42H67FN5O7P. The first-order chi connectivity index (χ1) is 27.1. The lowest BCUT2D eigenvalue weighted by atomic mass is 10.0. The van der Waals surface area contributed by atoms with E-state index in [1.54, 1.807) is 4.52 Å². The maximum Gasteiger partial charge on any atom is 0.472 e. The Morgan fingerprint density at radius 1 is 1.00 bits per heavy atom. The van der Waals surface area contributed by atoms with E-state index in [1.807, 2.05) is 39.0 Å². The van der Waals surface area contributed by atoms with Crippen LogP contribution >= 0.6 is 7.82 Å². The number of phosphoric acid groups is 1. The molecule has 3 unspecified atom stereocenters. The summed E-state index contributed by atoms with van der Waals surface area (Å²) in [5.74, 6) is -0.190. The minimum absolute atomic E-state index is 0.0440. The fraction of sp³-hybridized carbons (Fsp3) is 0.690. The van der Waals surface area contributed by atoms with Gasteiger partial charge < -0.3 is 24.8 Å². The number of nitrogen functional groups attached to an aromatic ring is 1. The molecule has 0 bridgehead atoms. The van der Waals surface area contributed by atoms with Crippen molar-refractivity contribution >= 4 is 19.2 Å². The Hall–Kier alpha value is -2.95. The fourth-order valence-electron chi connectivity index (χ4n) is 6.81. The number of ether oxygens (including phenoxy) is 3. The Morgan fingerprint density at radius 3 is 2.29 bits per heavy atom. The van der Waals surface area contributed by atoms with Gasteiger partial charge in [0.25, 0.3) is 0 Å². The number of hydrogen-bond donors (Lipinski definition) is 2. The van der Waals surface area contributed by atoms with E-state index in [0.29, 0.717) is 36.3 Å². The zero-order valence-electron chi connectivity index (χ0n) is 34.3. The number of hydrogen-bond acceptors (Lipinski definition) is 10. The Morgan fingerprint density at radius 2 is 1.64 bits per heavy atom. The topological polar surface area (TPSA) is 163 Å². The average Bonchev–Trinajstić information content (AvgIpc) is 3.81. The first kappa shape index (κ1) is 47.4. The molecule has 1 aliphatic heterocycles. The molecule has 56 heavy (non-hydrogen) atoms. The smallest absolute Gasteiger partial charge is 0.382 e. The van der Waals surface area contributed by atoms with Gasteiger partial charge in [0, 0.05) is 6.61 Å². The molecule has 1 saturated heterocycles. The third kappa shape index (κ3) is 17.3. The van der Waals surface area contributed by atoms with E-state index in [9.17, 15) is 19.1 Å². The number of nitrogens with zero attached hydrogens (tertiary/aromatic N) is 4. The summed E-state index contributed by atoms with van der Waals surface area (Å²) in [5, 5.41) is 13.5. The predicted molar refractivity (Wildman–Crippen MR) is 217 cm³/mol. The lowest BCUT2D eigenvalue weighted by Crippen LogP contribution is -2.30. The van der Waals surface area contributed by atoms with Crippen LogP contribution in [0.15, 0.2) is 36.7 Å². The van der Waals surface area contributed by atoms with Crippen molar-refractivity contribution in [3.8, 4) is 6.07 Å². The van der Waals surface area contributed by atoms with Crippen molar-refractivity contribution in [3.05, 3.63) is 59.3 Å². The van der Waals surface area contributed by atoms with Crippen molar-refractivity contribution in [3.63, 3.8) is 0 Å². The molecular weight excluding hydrogens is 736 g/mol. The first-order valence-electron chi connectivity index (χ1n) is 20.9. The first-order valence-corrected chi connectivity index (χ1v) is 22.4. The van der Waals surface area contributed by atoms with Crippen molar-refractivity contribution in [1.29, 1.82) is 5.26 Å². The Balaban J connectivity index is 0.00000414. The summed E-state index contributed by atoms with van der Waals surface area (Å²) in [6.45, 7) is 8.16. The molecule has 12 nitrogen and oxygen atoms in total. The maximum atomic E-state index is 14.0. The van der Waals surface area contributed by atoms with Crippen LogP contribution in [0.25, 0.3) is 5.52 Å². The summed E-state index contributed by atoms with van der Waals surface area (Å²) < 4.78 is 57.7. The van der Waals surface area contributed by atoms with E-state index in [0.717, 1.165) is 31.0 Å². The van der Waals surface area contributed by atoms with Gasteiger partial charge in [0.05, 0.1) is 49.4 Å². The molecule has 0 radical (unpaired) electrons. The van der Waals surface area contributed by atoms with Gasteiger partial charge in [-0.05, 0) is 62.1 Å². The number of nitriles is 1. The van der Waals surface area contributed by atoms with Gasteiger partial charge in [0.2, 0.25) is 0 Å². The summed E-state index contributed by atoms with van der Waals surface area (Å²) in [6, 6.07) is 9.60. The summed E-state index contributed by atoms with van der Waals surface area (Å²) in [6.07, 6.45) is 20.7. The highest BCUT2D eigenvalue weighted by atomic mass is 31.2. The number of unbranched alkanes of at least 4 members (excludes halogenated alkanes) is 14. The number of anilines is 1. The van der Waals surface area contributed by atoms with Crippen LogP contribution in [-0.4, -0.2) is 57.6 Å². The monoisotopic (exact) mass is 803 g/mol. The quantitative estimate of drug-likeness (QED) is 0.0530. The van der Waals surface area contributed by atoms with Crippen molar-refractivity contribution in [2.75, 3.05) is 32.2 Å². The number of halogens is 1. The molecule has 3 aromatic rings. The van der Waals surface area contributed by atoms with Gasteiger partial charge in [-0.2, -0.15) is 10.4 Å². The molecule has 4 rings (SSSR count).